The highest BCUT2D eigenvalue weighted by Crippen LogP contribution is 2.32. The van der Waals surface area contributed by atoms with E-state index in [1.807, 2.05) is 12.1 Å². The lowest BCUT2D eigenvalue weighted by atomic mass is 10.1. The summed E-state index contributed by atoms with van der Waals surface area (Å²) in [7, 11) is 0. The molecule has 0 bridgehead atoms. The van der Waals surface area contributed by atoms with Crippen molar-refractivity contribution in [3.63, 3.8) is 0 Å². The van der Waals surface area contributed by atoms with E-state index in [0.29, 0.717) is 17.0 Å². The van der Waals surface area contributed by atoms with Crippen molar-refractivity contribution in [1.82, 2.24) is 9.97 Å². The van der Waals surface area contributed by atoms with Crippen LogP contribution in [0.15, 0.2) is 54.7 Å². The largest absolute Gasteiger partial charge is 0.416 e. The van der Waals surface area contributed by atoms with E-state index >= 15 is 0 Å². The lowest BCUT2D eigenvalue weighted by molar-refractivity contribution is -0.137. The van der Waals surface area contributed by atoms with Crippen molar-refractivity contribution in [2.24, 2.45) is 0 Å². The standard InChI is InChI=1S/C17H11F3N3/c18-17(19,20)13-8-6-12(7-9-13)15-16(21)22-10-14(23-15)11-4-2-1-3-5-11/h2-10H,(H2,21,22). The minimum Gasteiger partial charge on any atom is -0.382 e. The normalized spacial score (nSPS) is 11.4. The lowest BCUT2D eigenvalue weighted by Gasteiger charge is -2.09. The number of anilines is 1. The molecule has 1 aromatic heterocycles. The highest BCUT2D eigenvalue weighted by Gasteiger charge is 2.30. The van der Waals surface area contributed by atoms with Crippen LogP contribution in [0, 0.1) is 6.07 Å². The zero-order chi connectivity index (χ0) is 16.4. The number of nitrogens with zero attached hydrogens (tertiary/aromatic N) is 2. The number of aromatic nitrogens is 2. The molecular weight excluding hydrogens is 303 g/mol. The van der Waals surface area contributed by atoms with Gasteiger partial charge in [0.05, 0.1) is 17.5 Å². The van der Waals surface area contributed by atoms with Gasteiger partial charge < -0.3 is 5.73 Å². The van der Waals surface area contributed by atoms with Gasteiger partial charge in [-0.1, -0.05) is 36.4 Å². The molecule has 0 aliphatic carbocycles. The molecule has 2 aromatic carbocycles. The van der Waals surface area contributed by atoms with Crippen molar-refractivity contribution >= 4 is 5.82 Å². The Kier molecular flexibility index (Phi) is 3.73. The average Bonchev–Trinajstić information content (AvgIpc) is 2.55. The molecule has 0 unspecified atom stereocenters. The van der Waals surface area contributed by atoms with E-state index < -0.39 is 11.7 Å². The summed E-state index contributed by atoms with van der Waals surface area (Å²) in [6.45, 7) is 0. The number of nitrogen functional groups attached to an aromatic ring is 1. The van der Waals surface area contributed by atoms with E-state index in [1.165, 1.54) is 18.3 Å². The highest BCUT2D eigenvalue weighted by molar-refractivity contribution is 5.73. The second-order valence-electron chi connectivity index (χ2n) is 4.85. The van der Waals surface area contributed by atoms with Crippen LogP contribution in [0.2, 0.25) is 0 Å². The maximum Gasteiger partial charge on any atom is 0.416 e. The van der Waals surface area contributed by atoms with Crippen LogP contribution in [-0.4, -0.2) is 9.97 Å². The second kappa shape index (κ2) is 5.72. The molecule has 3 rings (SSSR count). The first-order valence-corrected chi connectivity index (χ1v) is 6.72. The summed E-state index contributed by atoms with van der Waals surface area (Å²) >= 11 is 0. The molecule has 0 fully saturated rings. The number of nitrogens with two attached hydrogens (primary N) is 1. The smallest absolute Gasteiger partial charge is 0.382 e. The Bertz CT molecular complexity index is 813. The van der Waals surface area contributed by atoms with Crippen LogP contribution in [0.3, 0.4) is 0 Å². The van der Waals surface area contributed by atoms with Crippen LogP contribution in [0.25, 0.3) is 22.5 Å². The minimum absolute atomic E-state index is 0.163. The first-order chi connectivity index (χ1) is 10.9. The predicted octanol–water partition coefficient (Wildman–Crippen LogP) is 4.21. The summed E-state index contributed by atoms with van der Waals surface area (Å²) in [5.41, 5.74) is 7.34. The van der Waals surface area contributed by atoms with Crippen molar-refractivity contribution in [2.75, 3.05) is 5.73 Å². The third kappa shape index (κ3) is 3.15. The third-order valence-electron chi connectivity index (χ3n) is 3.30. The van der Waals surface area contributed by atoms with Crippen molar-refractivity contribution < 1.29 is 13.2 Å². The number of hydrogen-bond acceptors (Lipinski definition) is 3. The summed E-state index contributed by atoms with van der Waals surface area (Å²) in [6, 6.07) is 14.7. The summed E-state index contributed by atoms with van der Waals surface area (Å²) in [4.78, 5) is 8.51. The summed E-state index contributed by atoms with van der Waals surface area (Å²) < 4.78 is 37.9. The highest BCUT2D eigenvalue weighted by atomic mass is 19.4. The third-order valence-corrected chi connectivity index (χ3v) is 3.30. The molecule has 0 spiro atoms. The maximum atomic E-state index is 12.6. The SMILES string of the molecule is Nc1ncc(-c2cc[c]cc2)nc1-c1ccc(C(F)(F)F)cc1. The van der Waals surface area contributed by atoms with E-state index in [4.69, 9.17) is 5.73 Å². The van der Waals surface area contributed by atoms with E-state index in [-0.39, 0.29) is 5.82 Å². The number of rotatable bonds is 2. The van der Waals surface area contributed by atoms with Gasteiger partial charge >= 0.3 is 6.18 Å². The van der Waals surface area contributed by atoms with Crippen molar-refractivity contribution in [3.05, 3.63) is 66.4 Å². The molecule has 0 saturated heterocycles. The topological polar surface area (TPSA) is 51.8 Å². The van der Waals surface area contributed by atoms with Gasteiger partial charge in [-0.25, -0.2) is 9.97 Å². The van der Waals surface area contributed by atoms with Gasteiger partial charge in [-0.2, -0.15) is 13.2 Å². The van der Waals surface area contributed by atoms with Crippen molar-refractivity contribution in [1.29, 1.82) is 0 Å². The molecule has 1 radical (unpaired) electrons. The molecule has 115 valence electrons. The monoisotopic (exact) mass is 314 g/mol. The average molecular weight is 314 g/mol. The zero-order valence-corrected chi connectivity index (χ0v) is 11.8. The Morgan fingerprint density at radius 1 is 0.913 bits per heavy atom. The fraction of sp³-hybridized carbons (Fsp3) is 0.0588. The molecule has 0 aliphatic rings. The van der Waals surface area contributed by atoms with Crippen LogP contribution >= 0.6 is 0 Å². The molecule has 23 heavy (non-hydrogen) atoms. The maximum absolute atomic E-state index is 12.6. The van der Waals surface area contributed by atoms with Gasteiger partial charge in [0.1, 0.15) is 11.5 Å². The van der Waals surface area contributed by atoms with E-state index in [1.54, 1.807) is 12.1 Å². The Labute approximate surface area is 130 Å². The molecule has 0 amide bonds. The van der Waals surface area contributed by atoms with Crippen LogP contribution in [0.5, 0.6) is 0 Å². The fourth-order valence-corrected chi connectivity index (χ4v) is 2.12. The first kappa shape index (κ1) is 15.0. The number of hydrogen-bond donors (Lipinski definition) is 1. The van der Waals surface area contributed by atoms with Gasteiger partial charge in [0.25, 0.3) is 0 Å². The zero-order valence-electron chi connectivity index (χ0n) is 11.8. The predicted molar refractivity (Wildman–Crippen MR) is 81.2 cm³/mol. The van der Waals surface area contributed by atoms with Crippen molar-refractivity contribution in [2.45, 2.75) is 6.18 Å². The Hall–Kier alpha value is -2.89. The van der Waals surface area contributed by atoms with Crippen LogP contribution in [0.1, 0.15) is 5.56 Å². The van der Waals surface area contributed by atoms with Crippen molar-refractivity contribution in [3.8, 4) is 22.5 Å². The Balaban J connectivity index is 2.03. The van der Waals surface area contributed by atoms with Gasteiger partial charge in [0.2, 0.25) is 0 Å². The molecule has 0 atom stereocenters. The lowest BCUT2D eigenvalue weighted by Crippen LogP contribution is -2.04. The first-order valence-electron chi connectivity index (χ1n) is 6.72. The molecule has 6 heteroatoms. The quantitative estimate of drug-likeness (QED) is 0.771. The summed E-state index contributed by atoms with van der Waals surface area (Å²) in [5, 5.41) is 0. The molecule has 3 aromatic rings. The number of halogens is 3. The fourth-order valence-electron chi connectivity index (χ4n) is 2.12. The molecule has 3 nitrogen and oxygen atoms in total. The minimum atomic E-state index is -4.38. The molecular formula is C17H11F3N3. The molecule has 0 aliphatic heterocycles. The van der Waals surface area contributed by atoms with Crippen LogP contribution < -0.4 is 5.73 Å². The second-order valence-corrected chi connectivity index (χ2v) is 4.85. The summed E-state index contributed by atoms with van der Waals surface area (Å²) in [5.74, 6) is 0.163. The van der Waals surface area contributed by atoms with E-state index in [2.05, 4.69) is 16.0 Å². The summed E-state index contributed by atoms with van der Waals surface area (Å²) in [6.07, 6.45) is -2.85. The van der Waals surface area contributed by atoms with Crippen LogP contribution in [0.4, 0.5) is 19.0 Å². The van der Waals surface area contributed by atoms with Crippen LogP contribution in [-0.2, 0) is 6.18 Å². The van der Waals surface area contributed by atoms with Gasteiger partial charge in [-0.15, -0.1) is 0 Å². The number of benzene rings is 2. The van der Waals surface area contributed by atoms with E-state index in [9.17, 15) is 13.2 Å². The van der Waals surface area contributed by atoms with Gasteiger partial charge in [-0.05, 0) is 18.2 Å². The molecule has 0 saturated carbocycles. The molecule has 1 heterocycles. The number of alkyl halides is 3. The van der Waals surface area contributed by atoms with Gasteiger partial charge in [-0.3, -0.25) is 0 Å². The molecule has 2 N–H and O–H groups in total. The van der Waals surface area contributed by atoms with E-state index in [0.717, 1.165) is 17.7 Å². The van der Waals surface area contributed by atoms with Gasteiger partial charge in [0, 0.05) is 11.1 Å². The Morgan fingerprint density at radius 2 is 1.57 bits per heavy atom. The van der Waals surface area contributed by atoms with Gasteiger partial charge in [0.15, 0.2) is 0 Å². The Morgan fingerprint density at radius 3 is 2.17 bits per heavy atom.